The number of aliphatic imine (C=N–C) groups is 1. The summed E-state index contributed by atoms with van der Waals surface area (Å²) >= 11 is 4.96. The van der Waals surface area contributed by atoms with Crippen LogP contribution in [0.1, 0.15) is 5.69 Å². The summed E-state index contributed by atoms with van der Waals surface area (Å²) in [6, 6.07) is 1.41. The van der Waals surface area contributed by atoms with Gasteiger partial charge in [-0.2, -0.15) is 18.3 Å². The quantitative estimate of drug-likeness (QED) is 0.676. The van der Waals surface area contributed by atoms with Gasteiger partial charge in [-0.05, 0) is 6.92 Å². The number of hydrogen-bond donors (Lipinski definition) is 0. The van der Waals surface area contributed by atoms with Gasteiger partial charge in [0.25, 0.3) is 0 Å². The minimum absolute atomic E-state index is 0.0739. The Bertz CT molecular complexity index is 367. The van der Waals surface area contributed by atoms with Crippen LogP contribution in [0.15, 0.2) is 11.1 Å². The first-order valence-corrected chi connectivity index (χ1v) is 4.00. The van der Waals surface area contributed by atoms with Gasteiger partial charge in [0.15, 0.2) is 5.82 Å². The van der Waals surface area contributed by atoms with Gasteiger partial charge in [-0.1, -0.05) is 11.6 Å². The van der Waals surface area contributed by atoms with Crippen LogP contribution in [-0.2, 0) is 7.05 Å². The summed E-state index contributed by atoms with van der Waals surface area (Å²) in [6.07, 6.45) is -4.61. The third-order valence-corrected chi connectivity index (χ3v) is 1.72. The van der Waals surface area contributed by atoms with Crippen molar-refractivity contribution in [2.24, 2.45) is 12.0 Å². The van der Waals surface area contributed by atoms with Gasteiger partial charge in [0, 0.05) is 13.1 Å². The summed E-state index contributed by atoms with van der Waals surface area (Å²) in [5, 5.41) is 2.43. The SMILES string of the molecule is Cc1cc(N=C(Cl)C(F)(F)F)n(C)n1. The number of aryl methyl sites for hydroxylation is 2. The zero-order valence-electron chi connectivity index (χ0n) is 7.43. The molecule has 0 fully saturated rings. The van der Waals surface area contributed by atoms with Gasteiger partial charge in [0.1, 0.15) is 0 Å². The summed E-state index contributed by atoms with van der Waals surface area (Å²) < 4.78 is 37.2. The van der Waals surface area contributed by atoms with Crippen LogP contribution in [0.25, 0.3) is 0 Å². The summed E-state index contributed by atoms with van der Waals surface area (Å²) in [5.41, 5.74) is 0.581. The highest BCUT2D eigenvalue weighted by Gasteiger charge is 2.34. The molecule has 0 radical (unpaired) electrons. The molecule has 0 saturated heterocycles. The molecule has 0 spiro atoms. The van der Waals surface area contributed by atoms with E-state index in [1.54, 1.807) is 6.92 Å². The van der Waals surface area contributed by atoms with E-state index in [0.717, 1.165) is 0 Å². The Morgan fingerprint density at radius 1 is 1.57 bits per heavy atom. The molecule has 78 valence electrons. The van der Waals surface area contributed by atoms with E-state index in [2.05, 4.69) is 10.1 Å². The standard InChI is InChI=1S/C7H7ClF3N3/c1-4-3-5(14(2)13-4)12-6(8)7(9,10)11/h3H,1-2H3. The lowest BCUT2D eigenvalue weighted by atomic mass is 10.5. The lowest BCUT2D eigenvalue weighted by Gasteiger charge is -2.02. The first kappa shape index (κ1) is 11.0. The van der Waals surface area contributed by atoms with Crippen molar-refractivity contribution in [3.05, 3.63) is 11.8 Å². The Balaban J connectivity index is 3.03. The molecule has 1 rings (SSSR count). The second-order valence-electron chi connectivity index (χ2n) is 2.67. The van der Waals surface area contributed by atoms with Crippen LogP contribution in [0.5, 0.6) is 0 Å². The van der Waals surface area contributed by atoms with Crippen molar-refractivity contribution >= 4 is 22.6 Å². The zero-order chi connectivity index (χ0) is 10.9. The molecule has 0 aliphatic carbocycles. The van der Waals surface area contributed by atoms with Gasteiger partial charge >= 0.3 is 6.18 Å². The highest BCUT2D eigenvalue weighted by molar-refractivity contribution is 6.67. The summed E-state index contributed by atoms with van der Waals surface area (Å²) in [4.78, 5) is 3.21. The first-order chi connectivity index (χ1) is 6.30. The molecule has 0 aromatic carbocycles. The third-order valence-electron chi connectivity index (χ3n) is 1.42. The van der Waals surface area contributed by atoms with Crippen molar-refractivity contribution in [3.8, 4) is 0 Å². The van der Waals surface area contributed by atoms with Crippen molar-refractivity contribution in [1.82, 2.24) is 9.78 Å². The van der Waals surface area contributed by atoms with Gasteiger partial charge in [0.05, 0.1) is 5.69 Å². The van der Waals surface area contributed by atoms with Crippen LogP contribution in [0.2, 0.25) is 0 Å². The maximum absolute atomic E-state index is 12.0. The van der Waals surface area contributed by atoms with Gasteiger partial charge in [-0.3, -0.25) is 4.68 Å². The van der Waals surface area contributed by atoms with E-state index in [9.17, 15) is 13.2 Å². The molecular formula is C7H7ClF3N3. The number of alkyl halides is 3. The normalized spacial score (nSPS) is 13.4. The van der Waals surface area contributed by atoms with Crippen molar-refractivity contribution in [2.45, 2.75) is 13.1 Å². The van der Waals surface area contributed by atoms with E-state index in [0.29, 0.717) is 5.69 Å². The molecule has 14 heavy (non-hydrogen) atoms. The average molecular weight is 226 g/mol. The molecule has 3 nitrogen and oxygen atoms in total. The second kappa shape index (κ2) is 3.61. The summed E-state index contributed by atoms with van der Waals surface area (Å²) in [7, 11) is 1.49. The molecule has 1 aromatic rings. The molecule has 0 atom stereocenters. The lowest BCUT2D eigenvalue weighted by Crippen LogP contribution is -2.16. The first-order valence-electron chi connectivity index (χ1n) is 3.62. The van der Waals surface area contributed by atoms with E-state index in [4.69, 9.17) is 11.6 Å². The molecule has 0 aliphatic heterocycles. The van der Waals surface area contributed by atoms with Crippen LogP contribution in [-0.4, -0.2) is 21.1 Å². The molecule has 7 heteroatoms. The molecule has 0 amide bonds. The number of nitrogens with zero attached hydrogens (tertiary/aromatic N) is 3. The smallest absolute Gasteiger partial charge is 0.251 e. The third kappa shape index (κ3) is 2.47. The fraction of sp³-hybridized carbons (Fsp3) is 0.429. The maximum Gasteiger partial charge on any atom is 0.444 e. The lowest BCUT2D eigenvalue weighted by molar-refractivity contribution is -0.0558. The largest absolute Gasteiger partial charge is 0.444 e. The highest BCUT2D eigenvalue weighted by Crippen LogP contribution is 2.23. The molecule has 1 heterocycles. The Morgan fingerprint density at radius 3 is 2.50 bits per heavy atom. The van der Waals surface area contributed by atoms with Crippen molar-refractivity contribution in [2.75, 3.05) is 0 Å². The molecular weight excluding hydrogens is 219 g/mol. The van der Waals surface area contributed by atoms with E-state index >= 15 is 0 Å². The molecule has 1 aromatic heterocycles. The minimum Gasteiger partial charge on any atom is -0.251 e. The molecule has 0 N–H and O–H groups in total. The monoisotopic (exact) mass is 225 g/mol. The predicted molar refractivity (Wildman–Crippen MR) is 46.9 cm³/mol. The molecule has 0 aliphatic rings. The van der Waals surface area contributed by atoms with E-state index in [-0.39, 0.29) is 5.82 Å². The average Bonchev–Trinajstić information content (AvgIpc) is 2.28. The van der Waals surface area contributed by atoms with Crippen molar-refractivity contribution < 1.29 is 13.2 Å². The predicted octanol–water partition coefficient (Wildman–Crippen LogP) is 2.56. The number of halogens is 4. The van der Waals surface area contributed by atoms with Gasteiger partial charge in [-0.15, -0.1) is 0 Å². The van der Waals surface area contributed by atoms with Crippen LogP contribution < -0.4 is 0 Å². The fourth-order valence-corrected chi connectivity index (χ4v) is 0.952. The topological polar surface area (TPSA) is 30.2 Å². The summed E-state index contributed by atoms with van der Waals surface area (Å²) in [5.74, 6) is 0.0739. The Morgan fingerprint density at radius 2 is 2.14 bits per heavy atom. The Hall–Kier alpha value is -1.04. The van der Waals surface area contributed by atoms with Crippen LogP contribution in [0, 0.1) is 6.92 Å². The molecule has 0 bridgehead atoms. The molecule has 0 unspecified atom stereocenters. The van der Waals surface area contributed by atoms with Crippen LogP contribution in [0.4, 0.5) is 19.0 Å². The van der Waals surface area contributed by atoms with E-state index in [1.165, 1.54) is 17.8 Å². The van der Waals surface area contributed by atoms with Crippen LogP contribution >= 0.6 is 11.6 Å². The highest BCUT2D eigenvalue weighted by atomic mass is 35.5. The summed E-state index contributed by atoms with van der Waals surface area (Å²) in [6.45, 7) is 1.65. The number of hydrogen-bond acceptors (Lipinski definition) is 2. The van der Waals surface area contributed by atoms with Crippen molar-refractivity contribution in [3.63, 3.8) is 0 Å². The second-order valence-corrected chi connectivity index (χ2v) is 3.03. The van der Waals surface area contributed by atoms with Gasteiger partial charge < -0.3 is 0 Å². The van der Waals surface area contributed by atoms with Gasteiger partial charge in [-0.25, -0.2) is 4.99 Å². The zero-order valence-corrected chi connectivity index (χ0v) is 8.19. The van der Waals surface area contributed by atoms with Gasteiger partial charge in [0.2, 0.25) is 5.17 Å². The van der Waals surface area contributed by atoms with Crippen LogP contribution in [0.3, 0.4) is 0 Å². The maximum atomic E-state index is 12.0. The Labute approximate surface area is 83.2 Å². The van der Waals surface area contributed by atoms with E-state index < -0.39 is 11.3 Å². The van der Waals surface area contributed by atoms with Crippen molar-refractivity contribution in [1.29, 1.82) is 0 Å². The van der Waals surface area contributed by atoms with E-state index in [1.807, 2.05) is 0 Å². The minimum atomic E-state index is -4.61. The Kier molecular flexibility index (Phi) is 2.84. The fourth-order valence-electron chi connectivity index (χ4n) is 0.866. The number of rotatable bonds is 1. The number of aromatic nitrogens is 2. The molecule has 0 saturated carbocycles.